The third-order valence-corrected chi connectivity index (χ3v) is 6.50. The molecule has 0 aliphatic heterocycles. The van der Waals surface area contributed by atoms with Crippen molar-refractivity contribution in [2.45, 2.75) is 38.0 Å². The number of halogens is 4. The fourth-order valence-corrected chi connectivity index (χ4v) is 4.36. The van der Waals surface area contributed by atoms with Crippen LogP contribution in [0.5, 0.6) is 0 Å². The number of anilines is 1. The van der Waals surface area contributed by atoms with Gasteiger partial charge >= 0.3 is 18.0 Å². The molecule has 2 amide bonds. The van der Waals surface area contributed by atoms with Crippen molar-refractivity contribution in [3.8, 4) is 0 Å². The number of nitrogens with zero attached hydrogens (tertiary/aromatic N) is 4. The molecule has 0 saturated heterocycles. The second kappa shape index (κ2) is 12.4. The topological polar surface area (TPSA) is 127 Å². The van der Waals surface area contributed by atoms with Crippen molar-refractivity contribution in [3.05, 3.63) is 70.0 Å². The smallest absolute Gasteiger partial charge is 0.376 e. The van der Waals surface area contributed by atoms with Crippen LogP contribution in [0.2, 0.25) is 0 Å². The van der Waals surface area contributed by atoms with E-state index in [1.165, 1.54) is 37.4 Å². The van der Waals surface area contributed by atoms with E-state index in [9.17, 15) is 37.3 Å². The predicted molar refractivity (Wildman–Crippen MR) is 142 cm³/mol. The molecule has 0 unspecified atom stereocenters. The first kappa shape index (κ1) is 29.5. The molecular formula is C27H25F4N5O5. The molecule has 10 nitrogen and oxygen atoms in total. The molecule has 3 aromatic rings. The molecule has 1 aromatic heterocycles. The number of rotatable bonds is 7. The summed E-state index contributed by atoms with van der Waals surface area (Å²) in [6.45, 7) is 0.209. The number of carbonyl (C=O) groups excluding carboxylic acids is 2. The number of carbonyl (C=O) groups is 2. The van der Waals surface area contributed by atoms with Crippen LogP contribution in [0.3, 0.4) is 0 Å². The van der Waals surface area contributed by atoms with Crippen LogP contribution < -0.4 is 10.2 Å². The number of aliphatic imine (C=N–C) groups is 1. The van der Waals surface area contributed by atoms with E-state index >= 15 is 0 Å². The van der Waals surface area contributed by atoms with Crippen LogP contribution in [0.25, 0.3) is 10.9 Å². The van der Waals surface area contributed by atoms with Crippen LogP contribution in [0.4, 0.5) is 34.8 Å². The van der Waals surface area contributed by atoms with E-state index in [2.05, 4.69) is 15.3 Å². The Morgan fingerprint density at radius 2 is 1.88 bits per heavy atom. The average molecular weight is 576 g/mol. The Morgan fingerprint density at radius 1 is 1.15 bits per heavy atom. The monoisotopic (exact) mass is 575 g/mol. The SMILES string of the molecule is CN(C(=O)C(=O)NCCOC1CCC(=Nc2ccc([N+](=O)[O-])c(C(F)(F)F)c2)CC1)c1ccc2cc(F)ccc2n1. The molecule has 4 rings (SSSR count). The lowest BCUT2D eigenvalue weighted by atomic mass is 9.95. The summed E-state index contributed by atoms with van der Waals surface area (Å²) in [6, 6.07) is 9.80. The van der Waals surface area contributed by atoms with Crippen LogP contribution >= 0.6 is 0 Å². The Kier molecular flexibility index (Phi) is 8.91. The number of benzene rings is 2. The van der Waals surface area contributed by atoms with Gasteiger partial charge in [-0.3, -0.25) is 29.6 Å². The summed E-state index contributed by atoms with van der Waals surface area (Å²) in [5.74, 6) is -1.87. The highest BCUT2D eigenvalue weighted by Crippen LogP contribution is 2.38. The van der Waals surface area contributed by atoms with Gasteiger partial charge in [0.05, 0.1) is 28.8 Å². The fourth-order valence-electron chi connectivity index (χ4n) is 4.36. The van der Waals surface area contributed by atoms with Gasteiger partial charge in [0.15, 0.2) is 0 Å². The maximum atomic E-state index is 13.4. The average Bonchev–Trinajstić information content (AvgIpc) is 2.94. The van der Waals surface area contributed by atoms with E-state index in [1.807, 2.05) is 0 Å². The molecule has 14 heteroatoms. The van der Waals surface area contributed by atoms with Crippen molar-refractivity contribution in [1.82, 2.24) is 10.3 Å². The Hall–Kier alpha value is -4.46. The highest BCUT2D eigenvalue weighted by Gasteiger charge is 2.38. The molecule has 216 valence electrons. The van der Waals surface area contributed by atoms with Gasteiger partial charge in [-0.15, -0.1) is 0 Å². The maximum absolute atomic E-state index is 13.4. The fraction of sp³-hybridized carbons (Fsp3) is 0.333. The Balaban J connectivity index is 1.22. The van der Waals surface area contributed by atoms with Gasteiger partial charge in [-0.2, -0.15) is 13.2 Å². The lowest BCUT2D eigenvalue weighted by Gasteiger charge is -2.23. The molecule has 0 spiro atoms. The van der Waals surface area contributed by atoms with E-state index in [0.717, 1.165) is 11.0 Å². The molecule has 0 radical (unpaired) electrons. The maximum Gasteiger partial charge on any atom is 0.423 e. The lowest BCUT2D eigenvalue weighted by Crippen LogP contribution is -2.42. The van der Waals surface area contributed by atoms with Crippen LogP contribution in [-0.4, -0.2) is 53.7 Å². The van der Waals surface area contributed by atoms with E-state index in [0.29, 0.717) is 48.4 Å². The third-order valence-electron chi connectivity index (χ3n) is 6.50. The van der Waals surface area contributed by atoms with Gasteiger partial charge in [-0.25, -0.2) is 9.37 Å². The number of ether oxygens (including phenoxy) is 1. The van der Waals surface area contributed by atoms with Gasteiger partial charge in [0.2, 0.25) is 0 Å². The van der Waals surface area contributed by atoms with E-state index in [1.54, 1.807) is 6.07 Å². The minimum atomic E-state index is -4.88. The first-order valence-electron chi connectivity index (χ1n) is 12.6. The van der Waals surface area contributed by atoms with Crippen molar-refractivity contribution in [2.24, 2.45) is 4.99 Å². The van der Waals surface area contributed by atoms with E-state index < -0.39 is 40.0 Å². The summed E-state index contributed by atoms with van der Waals surface area (Å²) in [5.41, 5.74) is -1.26. The largest absolute Gasteiger partial charge is 0.423 e. The second-order valence-corrected chi connectivity index (χ2v) is 9.33. The number of hydrogen-bond donors (Lipinski definition) is 1. The summed E-state index contributed by atoms with van der Waals surface area (Å²) >= 11 is 0. The number of nitro groups is 1. The summed E-state index contributed by atoms with van der Waals surface area (Å²) in [6.07, 6.45) is -3.03. The number of hydrogen-bond acceptors (Lipinski definition) is 7. The first-order valence-corrected chi connectivity index (χ1v) is 12.6. The zero-order valence-corrected chi connectivity index (χ0v) is 21.8. The predicted octanol–water partition coefficient (Wildman–Crippen LogP) is 5.11. The molecule has 0 atom stereocenters. The van der Waals surface area contributed by atoms with Crippen molar-refractivity contribution < 1.29 is 36.8 Å². The summed E-state index contributed by atoms with van der Waals surface area (Å²) in [5, 5.41) is 14.0. The molecule has 0 bridgehead atoms. The Morgan fingerprint density at radius 3 is 2.56 bits per heavy atom. The van der Waals surface area contributed by atoms with Gasteiger partial charge in [0, 0.05) is 30.8 Å². The van der Waals surface area contributed by atoms with Crippen molar-refractivity contribution in [2.75, 3.05) is 25.1 Å². The zero-order chi connectivity index (χ0) is 29.7. The van der Waals surface area contributed by atoms with Crippen molar-refractivity contribution in [3.63, 3.8) is 0 Å². The molecule has 1 N–H and O–H groups in total. The Labute approximate surface area is 231 Å². The molecule has 1 heterocycles. The molecule has 1 aliphatic carbocycles. The van der Waals surface area contributed by atoms with Gasteiger partial charge < -0.3 is 10.1 Å². The number of alkyl halides is 3. The van der Waals surface area contributed by atoms with Gasteiger partial charge in [0.1, 0.15) is 17.2 Å². The minimum Gasteiger partial charge on any atom is -0.376 e. The van der Waals surface area contributed by atoms with E-state index in [-0.39, 0.29) is 30.8 Å². The quantitative estimate of drug-likeness (QED) is 0.137. The van der Waals surface area contributed by atoms with Crippen LogP contribution in [0.15, 0.2) is 53.5 Å². The lowest BCUT2D eigenvalue weighted by molar-refractivity contribution is -0.388. The van der Waals surface area contributed by atoms with Crippen LogP contribution in [0.1, 0.15) is 31.2 Å². The molecule has 1 fully saturated rings. The third kappa shape index (κ3) is 7.39. The highest BCUT2D eigenvalue weighted by molar-refractivity contribution is 6.40. The highest BCUT2D eigenvalue weighted by atomic mass is 19.4. The first-order chi connectivity index (χ1) is 19.4. The van der Waals surface area contributed by atoms with Gasteiger partial charge in [-0.05, 0) is 68.1 Å². The number of amides is 2. The number of pyridine rings is 1. The Bertz CT molecular complexity index is 1500. The number of fused-ring (bicyclic) bond motifs is 1. The summed E-state index contributed by atoms with van der Waals surface area (Å²) in [4.78, 5) is 44.3. The number of likely N-dealkylation sites (N-methyl/N-ethyl adjacent to an activating group) is 1. The van der Waals surface area contributed by atoms with Crippen molar-refractivity contribution >= 4 is 45.6 Å². The number of aromatic nitrogens is 1. The summed E-state index contributed by atoms with van der Waals surface area (Å²) in [7, 11) is 1.40. The number of nitro benzene ring substituents is 1. The molecule has 2 aromatic carbocycles. The minimum absolute atomic E-state index is 0.0116. The van der Waals surface area contributed by atoms with E-state index in [4.69, 9.17) is 4.74 Å². The molecule has 41 heavy (non-hydrogen) atoms. The molecule has 1 aliphatic rings. The molecule has 1 saturated carbocycles. The zero-order valence-electron chi connectivity index (χ0n) is 21.8. The number of nitrogens with one attached hydrogen (secondary N) is 1. The second-order valence-electron chi connectivity index (χ2n) is 9.33. The molecular weight excluding hydrogens is 550 g/mol. The normalized spacial score (nSPS) is 15.4. The standard InChI is InChI=1S/C27H25F4N5O5/c1-35(24-11-2-16-14-17(28)3-9-22(16)34-24)26(38)25(37)32-12-13-41-20-7-4-18(5-8-20)33-19-6-10-23(36(39)40)21(15-19)27(29,30)31/h2-3,6,9-11,14-15,20H,4-5,7-8,12-13H2,1H3,(H,32,37). The summed E-state index contributed by atoms with van der Waals surface area (Å²) < 4.78 is 58.8. The van der Waals surface area contributed by atoms with Crippen LogP contribution in [0, 0.1) is 15.9 Å². The van der Waals surface area contributed by atoms with Gasteiger partial charge in [-0.1, -0.05) is 0 Å². The van der Waals surface area contributed by atoms with Crippen LogP contribution in [-0.2, 0) is 20.5 Å². The van der Waals surface area contributed by atoms with Gasteiger partial charge in [0.25, 0.3) is 5.69 Å². The van der Waals surface area contributed by atoms with Crippen molar-refractivity contribution in [1.29, 1.82) is 0 Å².